The Morgan fingerprint density at radius 2 is 2.38 bits per heavy atom. The van der Waals surface area contributed by atoms with Gasteiger partial charge in [0.15, 0.2) is 0 Å². The van der Waals surface area contributed by atoms with Gasteiger partial charge in [-0.2, -0.15) is 0 Å². The fourth-order valence-corrected chi connectivity index (χ4v) is 0.987. The van der Waals surface area contributed by atoms with Gasteiger partial charge in [-0.25, -0.2) is 4.98 Å². The molecule has 13 heavy (non-hydrogen) atoms. The van der Waals surface area contributed by atoms with Crippen LogP contribution in [-0.4, -0.2) is 16.1 Å². The van der Waals surface area contributed by atoms with Crippen LogP contribution >= 0.6 is 0 Å². The summed E-state index contributed by atoms with van der Waals surface area (Å²) in [5, 5.41) is 0. The van der Waals surface area contributed by atoms with Crippen molar-refractivity contribution in [2.45, 2.75) is 19.3 Å². The van der Waals surface area contributed by atoms with Gasteiger partial charge in [0.05, 0.1) is 6.42 Å². The fourth-order valence-electron chi connectivity index (χ4n) is 0.987. The Labute approximate surface area is 79.0 Å². The van der Waals surface area contributed by atoms with Crippen molar-refractivity contribution in [3.63, 3.8) is 0 Å². The van der Waals surface area contributed by atoms with Gasteiger partial charge in [-0.1, -0.05) is 5.92 Å². The number of rotatable bonds is 3. The minimum absolute atomic E-state index is 0.719. The van der Waals surface area contributed by atoms with Gasteiger partial charge in [-0.3, -0.25) is 0 Å². The number of nitrogens with two attached hydrogens (primary N) is 1. The molecule has 0 saturated heterocycles. The average Bonchev–Trinajstić information content (AvgIpc) is 2.52. The van der Waals surface area contributed by atoms with Crippen LogP contribution < -0.4 is 5.73 Å². The van der Waals surface area contributed by atoms with Gasteiger partial charge >= 0.3 is 0 Å². The molecule has 3 nitrogen and oxygen atoms in total. The Morgan fingerprint density at radius 3 is 3.00 bits per heavy atom. The highest BCUT2D eigenvalue weighted by Crippen LogP contribution is 1.93. The van der Waals surface area contributed by atoms with E-state index in [1.165, 1.54) is 0 Å². The van der Waals surface area contributed by atoms with Crippen molar-refractivity contribution >= 4 is 0 Å². The van der Waals surface area contributed by atoms with E-state index < -0.39 is 0 Å². The lowest BCUT2D eigenvalue weighted by Crippen LogP contribution is -1.97. The van der Waals surface area contributed by atoms with Crippen molar-refractivity contribution in [3.05, 3.63) is 18.2 Å². The first kappa shape index (κ1) is 9.82. The largest absolute Gasteiger partial charge is 0.337 e. The van der Waals surface area contributed by atoms with Crippen LogP contribution in [0, 0.1) is 11.8 Å². The third kappa shape index (κ3) is 3.30. The lowest BCUT2D eigenvalue weighted by molar-refractivity contribution is 0.833. The van der Waals surface area contributed by atoms with Gasteiger partial charge in [-0.15, -0.1) is 5.92 Å². The van der Waals surface area contributed by atoms with Crippen LogP contribution in [0.1, 0.15) is 18.7 Å². The highest BCUT2D eigenvalue weighted by Gasteiger charge is 1.93. The van der Waals surface area contributed by atoms with Gasteiger partial charge in [0, 0.05) is 25.9 Å². The van der Waals surface area contributed by atoms with Crippen molar-refractivity contribution in [2.75, 3.05) is 6.54 Å². The van der Waals surface area contributed by atoms with E-state index in [0.29, 0.717) is 0 Å². The number of hydrogen-bond donors (Lipinski definition) is 1. The lowest BCUT2D eigenvalue weighted by atomic mass is 10.3. The highest BCUT2D eigenvalue weighted by atomic mass is 15.0. The van der Waals surface area contributed by atoms with Crippen molar-refractivity contribution in [1.29, 1.82) is 0 Å². The first-order chi connectivity index (χ1) is 6.34. The monoisotopic (exact) mass is 177 g/mol. The topological polar surface area (TPSA) is 43.8 Å². The maximum Gasteiger partial charge on any atom is 0.120 e. The van der Waals surface area contributed by atoms with Crippen LogP contribution in [0.4, 0.5) is 0 Å². The number of imidazole rings is 1. The molecule has 2 N–H and O–H groups in total. The summed E-state index contributed by atoms with van der Waals surface area (Å²) in [5.41, 5.74) is 5.35. The molecule has 0 spiro atoms. The van der Waals surface area contributed by atoms with Crippen molar-refractivity contribution in [3.8, 4) is 11.8 Å². The van der Waals surface area contributed by atoms with Crippen LogP contribution in [0.15, 0.2) is 12.4 Å². The van der Waals surface area contributed by atoms with Crippen LogP contribution in [0.3, 0.4) is 0 Å². The normalized spacial score (nSPS) is 9.38. The van der Waals surface area contributed by atoms with Crippen molar-refractivity contribution < 1.29 is 0 Å². The zero-order valence-electron chi connectivity index (χ0n) is 7.95. The molecule has 0 saturated carbocycles. The Kier molecular flexibility index (Phi) is 4.07. The number of unbranched alkanes of at least 4 members (excludes halogenated alkanes) is 1. The smallest absolute Gasteiger partial charge is 0.120 e. The zero-order valence-corrected chi connectivity index (χ0v) is 7.95. The predicted molar refractivity (Wildman–Crippen MR) is 53.0 cm³/mol. The number of aryl methyl sites for hydroxylation is 1. The summed E-state index contributed by atoms with van der Waals surface area (Å²) in [6.45, 7) is 0.719. The summed E-state index contributed by atoms with van der Waals surface area (Å²) < 4.78 is 1.98. The Hall–Kier alpha value is -1.27. The Morgan fingerprint density at radius 1 is 1.54 bits per heavy atom. The van der Waals surface area contributed by atoms with E-state index in [2.05, 4.69) is 16.8 Å². The molecule has 0 radical (unpaired) electrons. The molecule has 0 aromatic carbocycles. The first-order valence-electron chi connectivity index (χ1n) is 4.46. The highest BCUT2D eigenvalue weighted by molar-refractivity contribution is 5.07. The van der Waals surface area contributed by atoms with Crippen LogP contribution in [0.25, 0.3) is 0 Å². The first-order valence-corrected chi connectivity index (χ1v) is 4.46. The van der Waals surface area contributed by atoms with E-state index in [0.717, 1.165) is 31.6 Å². The summed E-state index contributed by atoms with van der Waals surface area (Å²) >= 11 is 0. The molecule has 1 aromatic rings. The predicted octanol–water partition coefficient (Wildman–Crippen LogP) is 0.705. The summed E-state index contributed by atoms with van der Waals surface area (Å²) in [6, 6.07) is 0. The summed E-state index contributed by atoms with van der Waals surface area (Å²) in [5.74, 6) is 7.16. The minimum Gasteiger partial charge on any atom is -0.337 e. The minimum atomic E-state index is 0.719. The molecule has 0 aliphatic rings. The van der Waals surface area contributed by atoms with Crippen LogP contribution in [0.5, 0.6) is 0 Å². The lowest BCUT2D eigenvalue weighted by Gasteiger charge is -1.93. The standard InChI is InChI=1S/C10H15N3/c1-13-9-8-12-10(13)6-4-2-3-5-7-11/h8-9H,3,5-7,11H2,1H3. The summed E-state index contributed by atoms with van der Waals surface area (Å²) in [7, 11) is 1.98. The Balaban J connectivity index is 2.33. The van der Waals surface area contributed by atoms with E-state index in [9.17, 15) is 0 Å². The number of nitrogens with zero attached hydrogens (tertiary/aromatic N) is 2. The van der Waals surface area contributed by atoms with E-state index in [-0.39, 0.29) is 0 Å². The molecule has 0 amide bonds. The maximum absolute atomic E-state index is 5.35. The molecule has 0 fully saturated rings. The molecule has 0 atom stereocenters. The maximum atomic E-state index is 5.35. The number of hydrogen-bond acceptors (Lipinski definition) is 2. The van der Waals surface area contributed by atoms with E-state index in [1.54, 1.807) is 6.20 Å². The van der Waals surface area contributed by atoms with Crippen molar-refractivity contribution in [2.24, 2.45) is 12.8 Å². The average molecular weight is 177 g/mol. The molecular formula is C10H15N3. The second kappa shape index (κ2) is 5.39. The molecule has 1 heterocycles. The van der Waals surface area contributed by atoms with E-state index in [1.807, 2.05) is 17.8 Å². The molecule has 1 aromatic heterocycles. The molecular weight excluding hydrogens is 162 g/mol. The molecule has 1 rings (SSSR count). The molecule has 0 unspecified atom stereocenters. The SMILES string of the molecule is Cn1ccnc1CC#CCCCN. The second-order valence-electron chi connectivity index (χ2n) is 2.88. The van der Waals surface area contributed by atoms with Crippen molar-refractivity contribution in [1.82, 2.24) is 9.55 Å². The Bertz CT molecular complexity index is 303. The molecule has 0 bridgehead atoms. The van der Waals surface area contributed by atoms with Gasteiger partial charge in [0.2, 0.25) is 0 Å². The quantitative estimate of drug-likeness (QED) is 0.545. The van der Waals surface area contributed by atoms with Gasteiger partial charge < -0.3 is 10.3 Å². The molecule has 0 aliphatic heterocycles. The second-order valence-corrected chi connectivity index (χ2v) is 2.88. The summed E-state index contributed by atoms with van der Waals surface area (Å²) in [4.78, 5) is 4.17. The molecule has 0 aliphatic carbocycles. The van der Waals surface area contributed by atoms with Gasteiger partial charge in [0.1, 0.15) is 5.82 Å². The van der Waals surface area contributed by atoms with Gasteiger partial charge in [-0.05, 0) is 13.0 Å². The third-order valence-corrected chi connectivity index (χ3v) is 1.80. The van der Waals surface area contributed by atoms with Crippen LogP contribution in [0.2, 0.25) is 0 Å². The van der Waals surface area contributed by atoms with Crippen LogP contribution in [-0.2, 0) is 13.5 Å². The summed E-state index contributed by atoms with van der Waals surface area (Å²) in [6.07, 6.45) is 6.32. The third-order valence-electron chi connectivity index (χ3n) is 1.80. The molecule has 3 heteroatoms. The fraction of sp³-hybridized carbons (Fsp3) is 0.500. The zero-order chi connectivity index (χ0) is 9.52. The van der Waals surface area contributed by atoms with E-state index in [4.69, 9.17) is 5.73 Å². The van der Waals surface area contributed by atoms with E-state index >= 15 is 0 Å². The van der Waals surface area contributed by atoms with Gasteiger partial charge in [0.25, 0.3) is 0 Å². The number of aromatic nitrogens is 2. The molecule has 70 valence electrons.